The molecule has 2 aliphatic rings. The number of hydrogen-bond acceptors (Lipinski definition) is 6. The second kappa shape index (κ2) is 5.89. The lowest BCUT2D eigenvalue weighted by Crippen LogP contribution is -2.36. The van der Waals surface area contributed by atoms with Crippen molar-refractivity contribution in [3.05, 3.63) is 42.7 Å². The standard InChI is InChI=1S/C19H17N3O3/c1-3-16-15(19(21-11-20-16)22-5-7-23-8-6-22)9-13(1)14-2-4-17-18(10-14)25-12-24-17/h1-4,9-11H,5-8,12H2. The molecule has 1 fully saturated rings. The molecule has 0 radical (unpaired) electrons. The molecule has 126 valence electrons. The van der Waals surface area contributed by atoms with Gasteiger partial charge in [-0.1, -0.05) is 12.1 Å². The van der Waals surface area contributed by atoms with Gasteiger partial charge >= 0.3 is 0 Å². The lowest BCUT2D eigenvalue weighted by Gasteiger charge is -2.28. The predicted molar refractivity (Wildman–Crippen MR) is 94.1 cm³/mol. The van der Waals surface area contributed by atoms with Crippen molar-refractivity contribution in [3.63, 3.8) is 0 Å². The quantitative estimate of drug-likeness (QED) is 0.718. The first kappa shape index (κ1) is 14.5. The van der Waals surface area contributed by atoms with E-state index in [1.54, 1.807) is 6.33 Å². The van der Waals surface area contributed by atoms with Crippen LogP contribution in [-0.2, 0) is 4.74 Å². The lowest BCUT2D eigenvalue weighted by molar-refractivity contribution is 0.122. The van der Waals surface area contributed by atoms with Gasteiger partial charge in [-0.15, -0.1) is 0 Å². The SMILES string of the molecule is c1nc(N2CCOCC2)c2cc(-c3ccc4c(c3)OCO4)ccc2n1. The van der Waals surface area contributed by atoms with Crippen LogP contribution in [0, 0.1) is 0 Å². The molecule has 1 aromatic heterocycles. The molecule has 0 unspecified atom stereocenters. The summed E-state index contributed by atoms with van der Waals surface area (Å²) in [6.45, 7) is 3.44. The maximum atomic E-state index is 5.50. The first-order chi connectivity index (χ1) is 12.4. The zero-order chi connectivity index (χ0) is 16.6. The van der Waals surface area contributed by atoms with E-state index in [1.807, 2.05) is 24.3 Å². The Hall–Kier alpha value is -2.86. The summed E-state index contributed by atoms with van der Waals surface area (Å²) in [5, 5.41) is 1.06. The molecule has 25 heavy (non-hydrogen) atoms. The Bertz CT molecular complexity index is 938. The molecule has 0 saturated carbocycles. The molecule has 0 spiro atoms. The topological polar surface area (TPSA) is 56.7 Å². The molecule has 6 heteroatoms. The molecular weight excluding hydrogens is 318 g/mol. The summed E-state index contributed by atoms with van der Waals surface area (Å²) in [6.07, 6.45) is 1.63. The average Bonchev–Trinajstić information content (AvgIpc) is 3.15. The van der Waals surface area contributed by atoms with Crippen LogP contribution in [0.15, 0.2) is 42.7 Å². The van der Waals surface area contributed by atoms with Gasteiger partial charge in [0.15, 0.2) is 11.5 Å². The number of benzene rings is 2. The largest absolute Gasteiger partial charge is 0.454 e. The molecule has 3 aromatic rings. The van der Waals surface area contributed by atoms with Gasteiger partial charge in [-0.2, -0.15) is 0 Å². The van der Waals surface area contributed by atoms with Crippen molar-refractivity contribution in [3.8, 4) is 22.6 Å². The fraction of sp³-hybridized carbons (Fsp3) is 0.263. The Morgan fingerprint density at radius 3 is 2.56 bits per heavy atom. The highest BCUT2D eigenvalue weighted by Crippen LogP contribution is 2.37. The van der Waals surface area contributed by atoms with Crippen molar-refractivity contribution in [2.24, 2.45) is 0 Å². The van der Waals surface area contributed by atoms with E-state index in [2.05, 4.69) is 27.0 Å². The van der Waals surface area contributed by atoms with Gasteiger partial charge in [0, 0.05) is 18.5 Å². The highest BCUT2D eigenvalue weighted by molar-refractivity contribution is 5.93. The van der Waals surface area contributed by atoms with Crippen molar-refractivity contribution in [2.75, 3.05) is 38.0 Å². The van der Waals surface area contributed by atoms with E-state index in [9.17, 15) is 0 Å². The number of aromatic nitrogens is 2. The van der Waals surface area contributed by atoms with Crippen molar-refractivity contribution in [2.45, 2.75) is 0 Å². The zero-order valence-corrected chi connectivity index (χ0v) is 13.6. The molecule has 6 nitrogen and oxygen atoms in total. The second-order valence-electron chi connectivity index (χ2n) is 6.10. The number of rotatable bonds is 2. The summed E-state index contributed by atoms with van der Waals surface area (Å²) in [5.41, 5.74) is 3.14. The number of hydrogen-bond donors (Lipinski definition) is 0. The van der Waals surface area contributed by atoms with E-state index in [4.69, 9.17) is 14.2 Å². The van der Waals surface area contributed by atoms with Crippen LogP contribution in [0.5, 0.6) is 11.5 Å². The van der Waals surface area contributed by atoms with Crippen molar-refractivity contribution < 1.29 is 14.2 Å². The first-order valence-corrected chi connectivity index (χ1v) is 8.36. The summed E-state index contributed by atoms with van der Waals surface area (Å²) >= 11 is 0. The summed E-state index contributed by atoms with van der Waals surface area (Å²) < 4.78 is 16.4. The lowest BCUT2D eigenvalue weighted by atomic mass is 10.0. The van der Waals surface area contributed by atoms with Gasteiger partial charge in [0.2, 0.25) is 6.79 Å². The van der Waals surface area contributed by atoms with E-state index in [0.717, 1.165) is 65.6 Å². The molecule has 0 bridgehead atoms. The van der Waals surface area contributed by atoms with Crippen LogP contribution in [0.4, 0.5) is 5.82 Å². The molecular formula is C19H17N3O3. The second-order valence-corrected chi connectivity index (χ2v) is 6.10. The highest BCUT2D eigenvalue weighted by atomic mass is 16.7. The van der Waals surface area contributed by atoms with Crippen LogP contribution in [0.3, 0.4) is 0 Å². The Morgan fingerprint density at radius 2 is 1.64 bits per heavy atom. The Labute approximate surface area is 145 Å². The highest BCUT2D eigenvalue weighted by Gasteiger charge is 2.17. The molecule has 0 amide bonds. The van der Waals surface area contributed by atoms with E-state index in [0.29, 0.717) is 0 Å². The fourth-order valence-electron chi connectivity index (χ4n) is 3.33. The molecule has 2 aliphatic heterocycles. The van der Waals surface area contributed by atoms with E-state index in [1.165, 1.54) is 0 Å². The van der Waals surface area contributed by atoms with E-state index >= 15 is 0 Å². The number of morpholine rings is 1. The van der Waals surface area contributed by atoms with Crippen molar-refractivity contribution in [1.29, 1.82) is 0 Å². The van der Waals surface area contributed by atoms with Gasteiger partial charge in [-0.25, -0.2) is 9.97 Å². The number of nitrogens with zero attached hydrogens (tertiary/aromatic N) is 3. The van der Waals surface area contributed by atoms with Crippen molar-refractivity contribution in [1.82, 2.24) is 9.97 Å². The Balaban J connectivity index is 1.60. The van der Waals surface area contributed by atoms with Gasteiger partial charge in [0.05, 0.1) is 18.7 Å². The molecule has 0 N–H and O–H groups in total. The minimum Gasteiger partial charge on any atom is -0.454 e. The summed E-state index contributed by atoms with van der Waals surface area (Å²) in [7, 11) is 0. The monoisotopic (exact) mass is 335 g/mol. The molecule has 1 saturated heterocycles. The van der Waals surface area contributed by atoms with E-state index < -0.39 is 0 Å². The Kier molecular flexibility index (Phi) is 3.41. The third kappa shape index (κ3) is 2.55. The van der Waals surface area contributed by atoms with Crippen LogP contribution in [0.2, 0.25) is 0 Å². The van der Waals surface area contributed by atoms with Gasteiger partial charge in [0.25, 0.3) is 0 Å². The van der Waals surface area contributed by atoms with Crippen LogP contribution < -0.4 is 14.4 Å². The number of ether oxygens (including phenoxy) is 3. The minimum atomic E-state index is 0.283. The molecule has 3 heterocycles. The normalized spacial score (nSPS) is 16.4. The predicted octanol–water partition coefficient (Wildman–Crippen LogP) is 2.86. The number of anilines is 1. The molecule has 0 atom stereocenters. The summed E-state index contributed by atoms with van der Waals surface area (Å²) in [6, 6.07) is 12.3. The van der Waals surface area contributed by atoms with Crippen LogP contribution in [0.1, 0.15) is 0 Å². The third-order valence-corrected chi connectivity index (χ3v) is 4.63. The van der Waals surface area contributed by atoms with E-state index in [-0.39, 0.29) is 6.79 Å². The van der Waals surface area contributed by atoms with Gasteiger partial charge < -0.3 is 19.1 Å². The van der Waals surface area contributed by atoms with Crippen molar-refractivity contribution >= 4 is 16.7 Å². The van der Waals surface area contributed by atoms with Gasteiger partial charge in [0.1, 0.15) is 12.1 Å². The third-order valence-electron chi connectivity index (χ3n) is 4.63. The number of fused-ring (bicyclic) bond motifs is 2. The molecule has 2 aromatic carbocycles. The molecule has 5 rings (SSSR count). The summed E-state index contributed by atoms with van der Waals surface area (Å²) in [5.74, 6) is 2.55. The van der Waals surface area contributed by atoms with Crippen LogP contribution >= 0.6 is 0 Å². The molecule has 0 aliphatic carbocycles. The smallest absolute Gasteiger partial charge is 0.231 e. The minimum absolute atomic E-state index is 0.283. The Morgan fingerprint density at radius 1 is 0.840 bits per heavy atom. The zero-order valence-electron chi connectivity index (χ0n) is 13.6. The average molecular weight is 335 g/mol. The van der Waals surface area contributed by atoms with Crippen LogP contribution in [-0.4, -0.2) is 43.1 Å². The maximum Gasteiger partial charge on any atom is 0.231 e. The summed E-state index contributed by atoms with van der Waals surface area (Å²) in [4.78, 5) is 11.2. The van der Waals surface area contributed by atoms with Crippen LogP contribution in [0.25, 0.3) is 22.0 Å². The first-order valence-electron chi connectivity index (χ1n) is 8.36. The fourth-order valence-corrected chi connectivity index (χ4v) is 3.33. The van der Waals surface area contributed by atoms with Gasteiger partial charge in [-0.3, -0.25) is 0 Å². The van der Waals surface area contributed by atoms with Gasteiger partial charge in [-0.05, 0) is 35.4 Å². The maximum absolute atomic E-state index is 5.50.